The second-order valence-corrected chi connectivity index (χ2v) is 9.73. The summed E-state index contributed by atoms with van der Waals surface area (Å²) in [6, 6.07) is 0. The van der Waals surface area contributed by atoms with E-state index in [9.17, 15) is 10.0 Å². The van der Waals surface area contributed by atoms with Crippen LogP contribution in [0.5, 0.6) is 0 Å². The molecular weight excluding hydrogens is 338 g/mol. The van der Waals surface area contributed by atoms with E-state index in [1.165, 1.54) is 30.9 Å². The van der Waals surface area contributed by atoms with E-state index in [0.29, 0.717) is 17.8 Å². The van der Waals surface area contributed by atoms with Crippen molar-refractivity contribution >= 4 is 11.7 Å². The Morgan fingerprint density at radius 2 is 1.85 bits per heavy atom. The standard InChI is InChI=1S/C23H33NO3/c1-14(24-26)19-7-8-20-18-6-5-16-13-17(27-15(2)25)9-11-22(16,3)21(18)10-12-23(19,20)4/h5,7,17-18,20-21,26H,6,8-13H2,1-4H3/b24-14+/t17-,18-,20-,21-,22-,23+/m0/s1. The third-order valence-electron chi connectivity index (χ3n) is 8.51. The molecule has 0 saturated heterocycles. The van der Waals surface area contributed by atoms with Gasteiger partial charge in [-0.3, -0.25) is 4.79 Å². The molecule has 0 amide bonds. The smallest absolute Gasteiger partial charge is 0.302 e. The molecular formula is C23H33NO3. The normalized spacial score (nSPS) is 43.8. The molecule has 2 fully saturated rings. The third-order valence-corrected chi connectivity index (χ3v) is 8.51. The minimum absolute atomic E-state index is 0.0652. The lowest BCUT2D eigenvalue weighted by Crippen LogP contribution is -2.50. The molecule has 0 aromatic heterocycles. The first-order chi connectivity index (χ1) is 12.8. The van der Waals surface area contributed by atoms with Gasteiger partial charge in [-0.2, -0.15) is 0 Å². The number of oxime groups is 1. The summed E-state index contributed by atoms with van der Waals surface area (Å²) in [7, 11) is 0. The van der Waals surface area contributed by atoms with Gasteiger partial charge in [0, 0.05) is 13.3 Å². The zero-order chi connectivity index (χ0) is 19.4. The van der Waals surface area contributed by atoms with E-state index >= 15 is 0 Å². The fourth-order valence-electron chi connectivity index (χ4n) is 7.14. The molecule has 0 unspecified atom stereocenters. The van der Waals surface area contributed by atoms with Crippen LogP contribution < -0.4 is 0 Å². The average molecular weight is 372 g/mol. The van der Waals surface area contributed by atoms with E-state index in [-0.39, 0.29) is 22.9 Å². The summed E-state index contributed by atoms with van der Waals surface area (Å²) >= 11 is 0. The Balaban J connectivity index is 1.59. The van der Waals surface area contributed by atoms with Crippen molar-refractivity contribution in [2.75, 3.05) is 0 Å². The Kier molecular flexibility index (Phi) is 4.51. The molecule has 4 nitrogen and oxygen atoms in total. The van der Waals surface area contributed by atoms with Gasteiger partial charge in [0.15, 0.2) is 0 Å². The number of esters is 1. The van der Waals surface area contributed by atoms with E-state index in [1.54, 1.807) is 0 Å². The molecule has 2 saturated carbocycles. The van der Waals surface area contributed by atoms with Crippen molar-refractivity contribution in [1.82, 2.24) is 0 Å². The topological polar surface area (TPSA) is 58.9 Å². The first-order valence-electron chi connectivity index (χ1n) is 10.6. The molecule has 0 aromatic rings. The third kappa shape index (κ3) is 2.78. The number of fused-ring (bicyclic) bond motifs is 5. The van der Waals surface area contributed by atoms with Gasteiger partial charge in [-0.05, 0) is 79.6 Å². The quantitative estimate of drug-likeness (QED) is 0.237. The van der Waals surface area contributed by atoms with Gasteiger partial charge in [0.25, 0.3) is 0 Å². The first kappa shape index (κ1) is 18.8. The maximum Gasteiger partial charge on any atom is 0.302 e. The van der Waals surface area contributed by atoms with Gasteiger partial charge in [-0.25, -0.2) is 0 Å². The fraction of sp³-hybridized carbons (Fsp3) is 0.739. The molecule has 148 valence electrons. The summed E-state index contributed by atoms with van der Waals surface area (Å²) in [5.41, 5.74) is 3.99. The Bertz CT molecular complexity index is 736. The molecule has 0 aromatic carbocycles. The summed E-state index contributed by atoms with van der Waals surface area (Å²) in [6.07, 6.45) is 12.6. The van der Waals surface area contributed by atoms with Gasteiger partial charge in [-0.15, -0.1) is 0 Å². The zero-order valence-corrected chi connectivity index (χ0v) is 17.1. The number of ether oxygens (including phenoxy) is 1. The largest absolute Gasteiger partial charge is 0.462 e. The van der Waals surface area contributed by atoms with Crippen LogP contribution in [0.1, 0.15) is 72.6 Å². The highest BCUT2D eigenvalue weighted by atomic mass is 16.5. The maximum atomic E-state index is 11.4. The van der Waals surface area contributed by atoms with E-state index < -0.39 is 0 Å². The second-order valence-electron chi connectivity index (χ2n) is 9.73. The molecule has 0 heterocycles. The lowest BCUT2D eigenvalue weighted by molar-refractivity contribution is -0.148. The molecule has 4 aliphatic carbocycles. The van der Waals surface area contributed by atoms with Gasteiger partial charge in [0.05, 0.1) is 5.71 Å². The SMILES string of the molecule is CC(=O)O[C@H]1CC[C@@]2(C)C(=CC[C@@H]3[C@@H]2CC[C@]2(C)C(/C(C)=N/O)=CC[C@@H]32)C1. The van der Waals surface area contributed by atoms with Crippen LogP contribution in [0, 0.1) is 28.6 Å². The number of allylic oxidation sites excluding steroid dienone is 3. The van der Waals surface area contributed by atoms with Crippen molar-refractivity contribution in [3.05, 3.63) is 23.3 Å². The van der Waals surface area contributed by atoms with Gasteiger partial charge >= 0.3 is 5.97 Å². The lowest BCUT2D eigenvalue weighted by Gasteiger charge is -2.57. The van der Waals surface area contributed by atoms with E-state index in [1.807, 2.05) is 6.92 Å². The van der Waals surface area contributed by atoms with Crippen LogP contribution in [0.25, 0.3) is 0 Å². The minimum atomic E-state index is -0.156. The van der Waals surface area contributed by atoms with Crippen LogP contribution in [-0.4, -0.2) is 23.0 Å². The van der Waals surface area contributed by atoms with Crippen LogP contribution in [0.3, 0.4) is 0 Å². The highest BCUT2D eigenvalue weighted by Crippen LogP contribution is 2.65. The first-order valence-corrected chi connectivity index (χ1v) is 10.6. The van der Waals surface area contributed by atoms with Crippen molar-refractivity contribution in [2.24, 2.45) is 33.7 Å². The van der Waals surface area contributed by atoms with Gasteiger partial charge in [0.2, 0.25) is 0 Å². The monoisotopic (exact) mass is 371 g/mol. The number of carbonyl (C=O) groups excluding carboxylic acids is 1. The summed E-state index contributed by atoms with van der Waals surface area (Å²) < 4.78 is 5.53. The predicted octanol–water partition coefficient (Wildman–Crippen LogP) is 5.27. The fourth-order valence-corrected chi connectivity index (χ4v) is 7.14. The number of carbonyl (C=O) groups is 1. The van der Waals surface area contributed by atoms with Crippen molar-refractivity contribution in [3.63, 3.8) is 0 Å². The summed E-state index contributed by atoms with van der Waals surface area (Å²) in [5.74, 6) is 1.90. The molecule has 0 radical (unpaired) electrons. The van der Waals surface area contributed by atoms with Crippen LogP contribution in [0.2, 0.25) is 0 Å². The van der Waals surface area contributed by atoms with Crippen molar-refractivity contribution in [3.8, 4) is 0 Å². The Morgan fingerprint density at radius 3 is 2.56 bits per heavy atom. The molecule has 6 atom stereocenters. The molecule has 0 bridgehead atoms. The minimum Gasteiger partial charge on any atom is -0.462 e. The van der Waals surface area contributed by atoms with Crippen LogP contribution in [0.4, 0.5) is 0 Å². The Hall–Kier alpha value is -1.58. The van der Waals surface area contributed by atoms with Crippen LogP contribution >= 0.6 is 0 Å². The number of hydrogen-bond donors (Lipinski definition) is 1. The van der Waals surface area contributed by atoms with Gasteiger partial charge in [0.1, 0.15) is 6.10 Å². The molecule has 4 rings (SSSR count). The highest BCUT2D eigenvalue weighted by molar-refractivity contribution is 5.99. The number of hydrogen-bond acceptors (Lipinski definition) is 4. The molecule has 4 heteroatoms. The van der Waals surface area contributed by atoms with Gasteiger partial charge < -0.3 is 9.94 Å². The van der Waals surface area contributed by atoms with Crippen molar-refractivity contribution in [2.45, 2.75) is 78.7 Å². The number of rotatable bonds is 2. The second kappa shape index (κ2) is 6.49. The van der Waals surface area contributed by atoms with E-state index in [2.05, 4.69) is 31.2 Å². The lowest BCUT2D eigenvalue weighted by atomic mass is 9.47. The Labute approximate surface area is 162 Å². The van der Waals surface area contributed by atoms with E-state index in [0.717, 1.165) is 37.8 Å². The molecule has 27 heavy (non-hydrogen) atoms. The van der Waals surface area contributed by atoms with Gasteiger partial charge in [-0.1, -0.05) is 36.7 Å². The van der Waals surface area contributed by atoms with Crippen LogP contribution in [-0.2, 0) is 9.53 Å². The summed E-state index contributed by atoms with van der Waals surface area (Å²) in [4.78, 5) is 11.4. The van der Waals surface area contributed by atoms with E-state index in [4.69, 9.17) is 4.74 Å². The highest BCUT2D eigenvalue weighted by Gasteiger charge is 2.57. The Morgan fingerprint density at radius 1 is 1.11 bits per heavy atom. The molecule has 0 aliphatic heterocycles. The molecule has 0 spiro atoms. The maximum absolute atomic E-state index is 11.4. The molecule has 4 aliphatic rings. The number of nitrogens with zero attached hydrogens (tertiary/aromatic N) is 1. The van der Waals surface area contributed by atoms with Crippen molar-refractivity contribution in [1.29, 1.82) is 0 Å². The van der Waals surface area contributed by atoms with Crippen molar-refractivity contribution < 1.29 is 14.7 Å². The average Bonchev–Trinajstić information content (AvgIpc) is 2.98. The predicted molar refractivity (Wildman–Crippen MR) is 106 cm³/mol. The van der Waals surface area contributed by atoms with Crippen LogP contribution in [0.15, 0.2) is 28.5 Å². The zero-order valence-electron chi connectivity index (χ0n) is 17.1. The summed E-state index contributed by atoms with van der Waals surface area (Å²) in [6.45, 7) is 8.30. The summed E-state index contributed by atoms with van der Waals surface area (Å²) in [5, 5.41) is 12.8. The molecule has 1 N–H and O–H groups in total.